The molecular weight excluding hydrogens is 258 g/mol. The molecule has 1 heterocycles. The second-order valence-electron chi connectivity index (χ2n) is 2.37. The van der Waals surface area contributed by atoms with Gasteiger partial charge in [-0.05, 0) is 28.4 Å². The fourth-order valence-electron chi connectivity index (χ4n) is 0.958. The number of hydrogen-bond donors (Lipinski definition) is 2. The van der Waals surface area contributed by atoms with E-state index in [1.165, 1.54) is 0 Å². The second-order valence-corrected chi connectivity index (χ2v) is 4.71. The number of nitrogens with two attached hydrogens (primary N) is 1. The first kappa shape index (κ1) is 10.2. The highest BCUT2D eigenvalue weighted by Crippen LogP contribution is 2.32. The van der Waals surface area contributed by atoms with Gasteiger partial charge >= 0.3 is 5.97 Å². The lowest BCUT2D eigenvalue weighted by Crippen LogP contribution is -2.11. The van der Waals surface area contributed by atoms with Gasteiger partial charge in [-0.25, -0.2) is 4.79 Å². The maximum absolute atomic E-state index is 10.8. The molecule has 70 valence electrons. The van der Waals surface area contributed by atoms with Crippen LogP contribution in [-0.4, -0.2) is 17.0 Å². The Morgan fingerprint density at radius 3 is 2.31 bits per heavy atom. The fraction of sp³-hybridized carbons (Fsp3) is 0.143. The number of carboxylic acid groups (broad SMARTS) is 1. The van der Waals surface area contributed by atoms with E-state index in [0.717, 1.165) is 11.3 Å². The SMILES string of the molecule is Cc1c(C(N)=O)sc(Br)c1C(=O)O. The van der Waals surface area contributed by atoms with Gasteiger partial charge in [0.25, 0.3) is 5.91 Å². The normalized spacial score (nSPS) is 10.0. The summed E-state index contributed by atoms with van der Waals surface area (Å²) in [6.07, 6.45) is 0. The molecule has 0 unspecified atom stereocenters. The van der Waals surface area contributed by atoms with Gasteiger partial charge in [0.05, 0.1) is 14.2 Å². The molecule has 1 aromatic heterocycles. The van der Waals surface area contributed by atoms with Crippen molar-refractivity contribution in [2.24, 2.45) is 5.73 Å². The number of carbonyl (C=O) groups is 2. The molecule has 6 heteroatoms. The standard InChI is InChI=1S/C7H6BrNO3S/c1-2-3(7(11)12)5(8)13-4(2)6(9)10/h1H3,(H2,9,10)(H,11,12). The average Bonchev–Trinajstić information content (AvgIpc) is 2.26. The van der Waals surface area contributed by atoms with E-state index in [1.807, 2.05) is 0 Å². The van der Waals surface area contributed by atoms with Crippen LogP contribution in [0.25, 0.3) is 0 Å². The molecule has 0 bridgehead atoms. The molecule has 0 saturated heterocycles. The Bertz CT molecular complexity index is 385. The Balaban J connectivity index is 3.39. The fourth-order valence-corrected chi connectivity index (χ4v) is 2.79. The van der Waals surface area contributed by atoms with Gasteiger partial charge in [-0.1, -0.05) is 0 Å². The first-order valence-electron chi connectivity index (χ1n) is 3.27. The number of thiophene rings is 1. The number of amides is 1. The number of carboxylic acids is 1. The van der Waals surface area contributed by atoms with Crippen LogP contribution in [0.5, 0.6) is 0 Å². The first-order valence-corrected chi connectivity index (χ1v) is 4.88. The van der Waals surface area contributed by atoms with Crippen LogP contribution in [-0.2, 0) is 0 Å². The van der Waals surface area contributed by atoms with Crippen LogP contribution in [0.2, 0.25) is 0 Å². The first-order chi connectivity index (χ1) is 5.95. The lowest BCUT2D eigenvalue weighted by molar-refractivity contribution is 0.0696. The van der Waals surface area contributed by atoms with Crippen molar-refractivity contribution >= 4 is 39.1 Å². The minimum Gasteiger partial charge on any atom is -0.478 e. The van der Waals surface area contributed by atoms with Crippen molar-refractivity contribution in [3.63, 3.8) is 0 Å². The highest BCUT2D eigenvalue weighted by atomic mass is 79.9. The van der Waals surface area contributed by atoms with Gasteiger partial charge in [0.1, 0.15) is 0 Å². The summed E-state index contributed by atoms with van der Waals surface area (Å²) in [5.74, 6) is -1.66. The van der Waals surface area contributed by atoms with E-state index in [4.69, 9.17) is 10.8 Å². The van der Waals surface area contributed by atoms with E-state index >= 15 is 0 Å². The van der Waals surface area contributed by atoms with Gasteiger partial charge in [0.15, 0.2) is 0 Å². The van der Waals surface area contributed by atoms with E-state index < -0.39 is 11.9 Å². The monoisotopic (exact) mass is 263 g/mol. The van der Waals surface area contributed by atoms with Gasteiger partial charge in [0, 0.05) is 0 Å². The minimum absolute atomic E-state index is 0.110. The van der Waals surface area contributed by atoms with Crippen molar-refractivity contribution in [2.45, 2.75) is 6.92 Å². The van der Waals surface area contributed by atoms with E-state index in [2.05, 4.69) is 15.9 Å². The molecule has 0 aromatic carbocycles. The Morgan fingerprint density at radius 1 is 1.54 bits per heavy atom. The number of hydrogen-bond acceptors (Lipinski definition) is 3. The van der Waals surface area contributed by atoms with E-state index in [1.54, 1.807) is 6.92 Å². The molecule has 1 amide bonds. The lowest BCUT2D eigenvalue weighted by Gasteiger charge is -1.93. The minimum atomic E-state index is -1.06. The highest BCUT2D eigenvalue weighted by molar-refractivity contribution is 9.11. The molecule has 4 nitrogen and oxygen atoms in total. The average molecular weight is 264 g/mol. The maximum Gasteiger partial charge on any atom is 0.338 e. The van der Waals surface area contributed by atoms with Crippen molar-refractivity contribution in [3.05, 3.63) is 19.8 Å². The summed E-state index contributed by atoms with van der Waals surface area (Å²) >= 11 is 4.11. The Hall–Kier alpha value is -0.880. The summed E-state index contributed by atoms with van der Waals surface area (Å²) in [5, 5.41) is 8.77. The van der Waals surface area contributed by atoms with Crippen molar-refractivity contribution in [3.8, 4) is 0 Å². The lowest BCUT2D eigenvalue weighted by atomic mass is 10.2. The second kappa shape index (κ2) is 3.47. The van der Waals surface area contributed by atoms with Crippen LogP contribution in [0.3, 0.4) is 0 Å². The van der Waals surface area contributed by atoms with Crippen LogP contribution in [0.1, 0.15) is 25.6 Å². The molecule has 1 aromatic rings. The van der Waals surface area contributed by atoms with Crippen LogP contribution in [0, 0.1) is 6.92 Å². The van der Waals surface area contributed by atoms with E-state index in [9.17, 15) is 9.59 Å². The Kier molecular flexibility index (Phi) is 2.72. The Morgan fingerprint density at radius 2 is 2.08 bits per heavy atom. The molecule has 0 aliphatic rings. The van der Waals surface area contributed by atoms with Crippen LogP contribution >= 0.6 is 27.3 Å². The molecule has 0 saturated carbocycles. The summed E-state index contributed by atoms with van der Waals surface area (Å²) in [6.45, 7) is 1.56. The number of aromatic carboxylic acids is 1. The van der Waals surface area contributed by atoms with Gasteiger partial charge in [-0.2, -0.15) is 0 Å². The zero-order valence-corrected chi connectivity index (χ0v) is 9.03. The molecule has 0 aliphatic heterocycles. The number of rotatable bonds is 2. The topological polar surface area (TPSA) is 80.4 Å². The summed E-state index contributed by atoms with van der Waals surface area (Å²) < 4.78 is 0.423. The quantitative estimate of drug-likeness (QED) is 0.851. The summed E-state index contributed by atoms with van der Waals surface area (Å²) in [4.78, 5) is 21.8. The van der Waals surface area contributed by atoms with Gasteiger partial charge in [-0.15, -0.1) is 11.3 Å². The summed E-state index contributed by atoms with van der Waals surface area (Å²) in [6, 6.07) is 0. The predicted molar refractivity (Wildman–Crippen MR) is 52.2 cm³/mol. The predicted octanol–water partition coefficient (Wildman–Crippen LogP) is 1.62. The van der Waals surface area contributed by atoms with Crippen molar-refractivity contribution in [1.29, 1.82) is 0 Å². The van der Waals surface area contributed by atoms with Crippen LogP contribution in [0.4, 0.5) is 0 Å². The van der Waals surface area contributed by atoms with E-state index in [0.29, 0.717) is 9.35 Å². The Labute approximate surface area is 86.5 Å². The summed E-state index contributed by atoms with van der Waals surface area (Å²) in [5.41, 5.74) is 5.58. The van der Waals surface area contributed by atoms with Crippen molar-refractivity contribution in [1.82, 2.24) is 0 Å². The molecule has 0 fully saturated rings. The smallest absolute Gasteiger partial charge is 0.338 e. The molecule has 0 spiro atoms. The molecule has 0 atom stereocenters. The van der Waals surface area contributed by atoms with Gasteiger partial charge < -0.3 is 10.8 Å². The number of carbonyl (C=O) groups excluding carboxylic acids is 1. The summed E-state index contributed by atoms with van der Waals surface area (Å²) in [7, 11) is 0. The van der Waals surface area contributed by atoms with E-state index in [-0.39, 0.29) is 10.4 Å². The molecule has 0 radical (unpaired) electrons. The van der Waals surface area contributed by atoms with Gasteiger partial charge in [-0.3, -0.25) is 4.79 Å². The van der Waals surface area contributed by atoms with Gasteiger partial charge in [0.2, 0.25) is 0 Å². The van der Waals surface area contributed by atoms with Crippen LogP contribution < -0.4 is 5.73 Å². The zero-order valence-electron chi connectivity index (χ0n) is 6.63. The number of halogens is 1. The largest absolute Gasteiger partial charge is 0.478 e. The highest BCUT2D eigenvalue weighted by Gasteiger charge is 2.21. The van der Waals surface area contributed by atoms with Crippen LogP contribution in [0.15, 0.2) is 3.79 Å². The molecule has 13 heavy (non-hydrogen) atoms. The molecule has 0 aliphatic carbocycles. The third-order valence-corrected chi connectivity index (χ3v) is 3.52. The molecule has 1 rings (SSSR count). The molecular formula is C7H6BrNO3S. The maximum atomic E-state index is 10.8. The third-order valence-electron chi connectivity index (χ3n) is 1.54. The number of primary amides is 1. The molecule has 3 N–H and O–H groups in total. The van der Waals surface area contributed by atoms with Crippen molar-refractivity contribution < 1.29 is 14.7 Å². The zero-order chi connectivity index (χ0) is 10.2. The third kappa shape index (κ3) is 1.73. The van der Waals surface area contributed by atoms with Crippen molar-refractivity contribution in [2.75, 3.05) is 0 Å².